The molecule has 3 N–H and O–H groups in total. The Kier molecular flexibility index (Phi) is 6.03. The topological polar surface area (TPSA) is 75.4 Å². The van der Waals surface area contributed by atoms with Gasteiger partial charge in [0.1, 0.15) is 0 Å². The van der Waals surface area contributed by atoms with Crippen molar-refractivity contribution >= 4 is 11.8 Å². The van der Waals surface area contributed by atoms with E-state index in [2.05, 4.69) is 12.2 Å². The van der Waals surface area contributed by atoms with Crippen LogP contribution >= 0.6 is 0 Å². The van der Waals surface area contributed by atoms with E-state index in [0.29, 0.717) is 18.9 Å². The fourth-order valence-electron chi connectivity index (χ4n) is 3.61. The molecule has 120 valence electrons. The second kappa shape index (κ2) is 7.78. The fourth-order valence-corrected chi connectivity index (χ4v) is 3.61. The summed E-state index contributed by atoms with van der Waals surface area (Å²) in [5.74, 6) is 0.778. The van der Waals surface area contributed by atoms with Crippen LogP contribution in [0.15, 0.2) is 0 Å². The third kappa shape index (κ3) is 4.99. The molecule has 1 saturated heterocycles. The maximum absolute atomic E-state index is 12.2. The molecule has 0 aromatic heterocycles. The summed E-state index contributed by atoms with van der Waals surface area (Å²) in [5, 5.41) is 2.92. The van der Waals surface area contributed by atoms with Crippen LogP contribution < -0.4 is 11.1 Å². The van der Waals surface area contributed by atoms with Gasteiger partial charge < -0.3 is 16.0 Å². The van der Waals surface area contributed by atoms with E-state index in [9.17, 15) is 9.59 Å². The van der Waals surface area contributed by atoms with E-state index < -0.39 is 0 Å². The summed E-state index contributed by atoms with van der Waals surface area (Å²) in [6.07, 6.45) is 6.56. The van der Waals surface area contributed by atoms with Crippen molar-refractivity contribution in [1.29, 1.82) is 0 Å². The average Bonchev–Trinajstić information content (AvgIpc) is 2.47. The summed E-state index contributed by atoms with van der Waals surface area (Å²) in [7, 11) is 0. The normalized spacial score (nSPS) is 30.0. The molecule has 0 radical (unpaired) electrons. The molecular weight excluding hydrogens is 266 g/mol. The second-order valence-electron chi connectivity index (χ2n) is 6.75. The lowest BCUT2D eigenvalue weighted by Crippen LogP contribution is -2.42. The average molecular weight is 295 g/mol. The highest BCUT2D eigenvalue weighted by Gasteiger charge is 2.29. The SMILES string of the molecule is CC1CC(N)CC(C(=O)NCCC(=O)N2CCCCC2)C1. The van der Waals surface area contributed by atoms with Gasteiger partial charge in [0.05, 0.1) is 0 Å². The summed E-state index contributed by atoms with van der Waals surface area (Å²) in [5.41, 5.74) is 5.99. The number of rotatable bonds is 4. The van der Waals surface area contributed by atoms with E-state index in [0.717, 1.165) is 45.2 Å². The van der Waals surface area contributed by atoms with Crippen LogP contribution in [0.1, 0.15) is 51.9 Å². The minimum Gasteiger partial charge on any atom is -0.355 e. The van der Waals surface area contributed by atoms with Gasteiger partial charge in [0.25, 0.3) is 0 Å². The molecule has 0 aromatic rings. The fraction of sp³-hybridized carbons (Fsp3) is 0.875. The van der Waals surface area contributed by atoms with Crippen molar-refractivity contribution in [3.05, 3.63) is 0 Å². The maximum Gasteiger partial charge on any atom is 0.224 e. The van der Waals surface area contributed by atoms with Crippen molar-refractivity contribution < 1.29 is 9.59 Å². The van der Waals surface area contributed by atoms with E-state index >= 15 is 0 Å². The predicted octanol–water partition coefficient (Wildman–Crippen LogP) is 1.27. The molecule has 2 amide bonds. The Hall–Kier alpha value is -1.10. The van der Waals surface area contributed by atoms with E-state index in [1.165, 1.54) is 6.42 Å². The largest absolute Gasteiger partial charge is 0.355 e. The van der Waals surface area contributed by atoms with Crippen LogP contribution in [0.5, 0.6) is 0 Å². The number of hydrogen-bond donors (Lipinski definition) is 2. The van der Waals surface area contributed by atoms with Gasteiger partial charge in [-0.25, -0.2) is 0 Å². The van der Waals surface area contributed by atoms with Crippen molar-refractivity contribution in [2.75, 3.05) is 19.6 Å². The third-order valence-electron chi connectivity index (χ3n) is 4.70. The molecule has 1 aliphatic heterocycles. The van der Waals surface area contributed by atoms with Gasteiger partial charge in [-0.15, -0.1) is 0 Å². The molecule has 3 unspecified atom stereocenters. The Morgan fingerprint density at radius 3 is 2.52 bits per heavy atom. The molecule has 5 nitrogen and oxygen atoms in total. The van der Waals surface area contributed by atoms with Gasteiger partial charge in [0.2, 0.25) is 11.8 Å². The summed E-state index contributed by atoms with van der Waals surface area (Å²) in [4.78, 5) is 26.1. The van der Waals surface area contributed by atoms with Gasteiger partial charge in [-0.1, -0.05) is 6.92 Å². The highest BCUT2D eigenvalue weighted by molar-refractivity contribution is 5.80. The Balaban J connectivity index is 1.67. The molecule has 21 heavy (non-hydrogen) atoms. The minimum absolute atomic E-state index is 0.0221. The van der Waals surface area contributed by atoms with Crippen molar-refractivity contribution in [2.24, 2.45) is 17.6 Å². The van der Waals surface area contributed by atoms with E-state index in [1.807, 2.05) is 4.90 Å². The van der Waals surface area contributed by atoms with E-state index in [4.69, 9.17) is 5.73 Å². The number of amides is 2. The quantitative estimate of drug-likeness (QED) is 0.820. The van der Waals surface area contributed by atoms with E-state index in [-0.39, 0.29) is 23.8 Å². The number of carbonyl (C=O) groups excluding carboxylic acids is 2. The lowest BCUT2D eigenvalue weighted by molar-refractivity contribution is -0.132. The monoisotopic (exact) mass is 295 g/mol. The molecule has 0 spiro atoms. The van der Waals surface area contributed by atoms with Crippen molar-refractivity contribution in [3.8, 4) is 0 Å². The van der Waals surface area contributed by atoms with Crippen LogP contribution in [0.4, 0.5) is 0 Å². The Morgan fingerprint density at radius 1 is 1.14 bits per heavy atom. The van der Waals surface area contributed by atoms with Gasteiger partial charge in [-0.05, 0) is 44.4 Å². The van der Waals surface area contributed by atoms with Gasteiger partial charge in [-0.3, -0.25) is 9.59 Å². The van der Waals surface area contributed by atoms with Crippen LogP contribution in [-0.4, -0.2) is 42.4 Å². The molecule has 2 fully saturated rings. The molecular formula is C16H29N3O2. The summed E-state index contributed by atoms with van der Waals surface area (Å²) in [6.45, 7) is 4.36. The number of hydrogen-bond acceptors (Lipinski definition) is 3. The number of likely N-dealkylation sites (tertiary alicyclic amines) is 1. The Morgan fingerprint density at radius 2 is 1.86 bits per heavy atom. The second-order valence-corrected chi connectivity index (χ2v) is 6.75. The van der Waals surface area contributed by atoms with Crippen LogP contribution in [0.2, 0.25) is 0 Å². The first-order valence-corrected chi connectivity index (χ1v) is 8.37. The Labute approximate surface area is 127 Å². The molecule has 1 saturated carbocycles. The minimum atomic E-state index is 0.0221. The highest BCUT2D eigenvalue weighted by atomic mass is 16.2. The van der Waals surface area contributed by atoms with Gasteiger partial charge >= 0.3 is 0 Å². The van der Waals surface area contributed by atoms with Gasteiger partial charge in [0, 0.05) is 38.0 Å². The third-order valence-corrected chi connectivity index (χ3v) is 4.70. The van der Waals surface area contributed by atoms with E-state index in [1.54, 1.807) is 0 Å². The highest BCUT2D eigenvalue weighted by Crippen LogP contribution is 2.28. The number of nitrogens with zero attached hydrogens (tertiary/aromatic N) is 1. The van der Waals surface area contributed by atoms with Crippen molar-refractivity contribution in [1.82, 2.24) is 10.2 Å². The molecule has 2 rings (SSSR count). The number of carbonyl (C=O) groups is 2. The standard InChI is InChI=1S/C16H29N3O2/c1-12-9-13(11-14(17)10-12)16(21)18-6-5-15(20)19-7-3-2-4-8-19/h12-14H,2-11,17H2,1H3,(H,18,21). The lowest BCUT2D eigenvalue weighted by Gasteiger charge is -2.30. The first-order chi connectivity index (χ1) is 10.1. The summed E-state index contributed by atoms with van der Waals surface area (Å²) >= 11 is 0. The maximum atomic E-state index is 12.2. The predicted molar refractivity (Wildman–Crippen MR) is 82.5 cm³/mol. The smallest absolute Gasteiger partial charge is 0.224 e. The van der Waals surface area contributed by atoms with Crippen molar-refractivity contribution in [3.63, 3.8) is 0 Å². The number of nitrogens with two attached hydrogens (primary N) is 1. The zero-order chi connectivity index (χ0) is 15.2. The zero-order valence-electron chi connectivity index (χ0n) is 13.1. The summed E-state index contributed by atoms with van der Waals surface area (Å²) < 4.78 is 0. The molecule has 1 heterocycles. The van der Waals surface area contributed by atoms with Crippen LogP contribution in [0.3, 0.4) is 0 Å². The molecule has 2 aliphatic rings. The van der Waals surface area contributed by atoms with Crippen molar-refractivity contribution in [2.45, 2.75) is 57.9 Å². The molecule has 0 bridgehead atoms. The number of piperidine rings is 1. The first-order valence-electron chi connectivity index (χ1n) is 8.37. The molecule has 5 heteroatoms. The number of nitrogens with one attached hydrogen (secondary N) is 1. The molecule has 1 aliphatic carbocycles. The van der Waals surface area contributed by atoms with Gasteiger partial charge in [0.15, 0.2) is 0 Å². The Bertz CT molecular complexity index is 357. The van der Waals surface area contributed by atoms with Crippen LogP contribution in [0.25, 0.3) is 0 Å². The lowest BCUT2D eigenvalue weighted by atomic mass is 9.79. The zero-order valence-corrected chi connectivity index (χ0v) is 13.1. The molecule has 0 aromatic carbocycles. The van der Waals surface area contributed by atoms with Gasteiger partial charge in [-0.2, -0.15) is 0 Å². The molecule has 3 atom stereocenters. The first kappa shape index (κ1) is 16.3. The van der Waals surface area contributed by atoms with Crippen LogP contribution in [-0.2, 0) is 9.59 Å². The van der Waals surface area contributed by atoms with Crippen LogP contribution in [0, 0.1) is 11.8 Å². The summed E-state index contributed by atoms with van der Waals surface area (Å²) in [6, 6.07) is 0.138.